The molecule has 0 saturated carbocycles. The van der Waals surface area contributed by atoms with Crippen LogP contribution >= 0.6 is 0 Å². The summed E-state index contributed by atoms with van der Waals surface area (Å²) in [5, 5.41) is 30.3. The fourth-order valence-corrected chi connectivity index (χ4v) is 4.60. The molecule has 15 heteroatoms. The van der Waals surface area contributed by atoms with Crippen LogP contribution < -0.4 is 21.5 Å². The van der Waals surface area contributed by atoms with Gasteiger partial charge in [0.1, 0.15) is 23.6 Å². The maximum atomic E-state index is 15.2. The number of nitrogens with two attached hydrogens (primary N) is 1. The van der Waals surface area contributed by atoms with Gasteiger partial charge in [0.25, 0.3) is 11.5 Å². The molecule has 3 aromatic rings. The van der Waals surface area contributed by atoms with Crippen molar-refractivity contribution in [1.29, 1.82) is 0 Å². The number of carbonyl (C=O) groups is 5. The first-order valence-corrected chi connectivity index (χ1v) is 13.5. The van der Waals surface area contributed by atoms with Crippen molar-refractivity contribution in [2.45, 2.75) is 51.7 Å². The van der Waals surface area contributed by atoms with E-state index in [1.807, 2.05) is 6.92 Å². The predicted molar refractivity (Wildman–Crippen MR) is 155 cm³/mol. The molecule has 2 aromatic carbocycles. The standard InChI is InChI=1S/C29H32FN5O9/c1-3-35(13-15-4-8-22-18(10-15)27(40)33-14(2)32-22)16-5-6-17(20(30)11-16)26(39)34-23(29(43)44)12-19(28(41)42)25(38)21(31)7-9-24(36)37/h4-6,8,10-11,19,21,23H,3,7,9,12-13,31H2,1-2H3,(H,34,39)(H,36,37)(H,41,42)(H,43,44)(H,32,33,40)/t19?,21-,23-/m1/s1. The van der Waals surface area contributed by atoms with Crippen LogP contribution in [0, 0.1) is 18.7 Å². The number of carboxylic acids is 3. The van der Waals surface area contributed by atoms with Crippen LogP contribution in [0.25, 0.3) is 10.9 Å². The number of nitrogens with one attached hydrogen (secondary N) is 2. The molecule has 1 heterocycles. The van der Waals surface area contributed by atoms with Crippen LogP contribution in [0.3, 0.4) is 0 Å². The average Bonchev–Trinajstić information content (AvgIpc) is 2.95. The SMILES string of the molecule is CCN(Cc1ccc2nc(C)[nH]c(=O)c2c1)c1ccc(C(=O)N[C@H](CC(C(=O)O)C(=O)[C@H](N)CCC(=O)O)C(=O)O)c(F)c1. The minimum atomic E-state index is -1.96. The third kappa shape index (κ3) is 8.22. The van der Waals surface area contributed by atoms with Crippen LogP contribution in [0.1, 0.15) is 47.9 Å². The van der Waals surface area contributed by atoms with Crippen LogP contribution in [-0.4, -0.2) is 73.5 Å². The van der Waals surface area contributed by atoms with Gasteiger partial charge in [0.2, 0.25) is 0 Å². The lowest BCUT2D eigenvalue weighted by Crippen LogP contribution is -2.47. The molecule has 1 aromatic heterocycles. The molecule has 234 valence electrons. The van der Waals surface area contributed by atoms with E-state index in [2.05, 4.69) is 15.3 Å². The third-order valence-electron chi connectivity index (χ3n) is 6.96. The first-order chi connectivity index (χ1) is 20.7. The number of halogens is 1. The van der Waals surface area contributed by atoms with Gasteiger partial charge < -0.3 is 36.3 Å². The van der Waals surface area contributed by atoms with Crippen LogP contribution in [-0.2, 0) is 25.7 Å². The quantitative estimate of drug-likeness (QED) is 0.134. The zero-order valence-electron chi connectivity index (χ0n) is 23.9. The predicted octanol–water partition coefficient (Wildman–Crippen LogP) is 1.43. The maximum Gasteiger partial charge on any atom is 0.326 e. The van der Waals surface area contributed by atoms with Crippen molar-refractivity contribution in [3.8, 4) is 0 Å². The molecule has 14 nitrogen and oxygen atoms in total. The second-order valence-corrected chi connectivity index (χ2v) is 10.1. The molecule has 0 spiro atoms. The summed E-state index contributed by atoms with van der Waals surface area (Å²) < 4.78 is 15.2. The lowest BCUT2D eigenvalue weighted by molar-refractivity contribution is -0.148. The van der Waals surface area contributed by atoms with Gasteiger partial charge in [-0.05, 0) is 62.6 Å². The zero-order valence-corrected chi connectivity index (χ0v) is 23.9. The first-order valence-electron chi connectivity index (χ1n) is 13.5. The van der Waals surface area contributed by atoms with Crippen molar-refractivity contribution in [3.63, 3.8) is 0 Å². The topological polar surface area (TPSA) is 233 Å². The van der Waals surface area contributed by atoms with Crippen molar-refractivity contribution >= 4 is 46.2 Å². The smallest absolute Gasteiger partial charge is 0.326 e. The van der Waals surface area contributed by atoms with Gasteiger partial charge in [0, 0.05) is 25.2 Å². The number of carboxylic acid groups (broad SMARTS) is 3. The number of amides is 1. The number of aliphatic carboxylic acids is 3. The molecule has 0 saturated heterocycles. The number of H-pyrrole nitrogens is 1. The second-order valence-electron chi connectivity index (χ2n) is 10.1. The van der Waals surface area contributed by atoms with E-state index < -0.39 is 71.8 Å². The average molecular weight is 614 g/mol. The molecule has 0 bridgehead atoms. The number of fused-ring (bicyclic) bond motifs is 1. The van der Waals surface area contributed by atoms with Gasteiger partial charge in [-0.1, -0.05) is 6.07 Å². The molecular weight excluding hydrogens is 581 g/mol. The van der Waals surface area contributed by atoms with E-state index in [0.717, 1.165) is 17.7 Å². The van der Waals surface area contributed by atoms with E-state index in [4.69, 9.17) is 10.8 Å². The van der Waals surface area contributed by atoms with Crippen molar-refractivity contribution in [2.24, 2.45) is 11.7 Å². The van der Waals surface area contributed by atoms with E-state index in [1.54, 1.807) is 30.0 Å². The van der Waals surface area contributed by atoms with Crippen molar-refractivity contribution in [2.75, 3.05) is 11.4 Å². The molecule has 44 heavy (non-hydrogen) atoms. The Labute approximate surface area is 249 Å². The fourth-order valence-electron chi connectivity index (χ4n) is 4.60. The molecule has 0 aliphatic carbocycles. The van der Waals surface area contributed by atoms with Gasteiger partial charge in [-0.25, -0.2) is 14.2 Å². The fraction of sp³-hybridized carbons (Fsp3) is 0.345. The number of aryl methyl sites for hydroxylation is 1. The summed E-state index contributed by atoms with van der Waals surface area (Å²) in [4.78, 5) is 80.7. The Kier molecular flexibility index (Phi) is 10.9. The zero-order chi connectivity index (χ0) is 32.7. The number of ketones is 1. The van der Waals surface area contributed by atoms with Crippen molar-refractivity contribution < 1.29 is 43.7 Å². The molecule has 0 aliphatic heterocycles. The lowest BCUT2D eigenvalue weighted by atomic mass is 9.90. The maximum absolute atomic E-state index is 15.2. The highest BCUT2D eigenvalue weighted by molar-refractivity contribution is 6.02. The Bertz CT molecular complexity index is 1660. The summed E-state index contributed by atoms with van der Waals surface area (Å²) in [6, 6.07) is 5.46. The molecule has 3 rings (SSSR count). The second kappa shape index (κ2) is 14.3. The van der Waals surface area contributed by atoms with Gasteiger partial charge >= 0.3 is 17.9 Å². The number of nitrogens with zero attached hydrogens (tertiary/aromatic N) is 2. The van der Waals surface area contributed by atoms with Crippen molar-refractivity contribution in [3.05, 3.63) is 69.5 Å². The number of hydrogen-bond acceptors (Lipinski definition) is 9. The Morgan fingerprint density at radius 2 is 1.77 bits per heavy atom. The van der Waals surface area contributed by atoms with E-state index in [9.17, 15) is 39.0 Å². The largest absolute Gasteiger partial charge is 0.481 e. The van der Waals surface area contributed by atoms with Crippen LogP contribution in [0.4, 0.5) is 10.1 Å². The lowest BCUT2D eigenvalue weighted by Gasteiger charge is -2.24. The summed E-state index contributed by atoms with van der Waals surface area (Å²) in [6.07, 6.45) is -1.78. The third-order valence-corrected chi connectivity index (χ3v) is 6.96. The summed E-state index contributed by atoms with van der Waals surface area (Å²) in [5.74, 6) is -9.38. The van der Waals surface area contributed by atoms with E-state index in [-0.39, 0.29) is 18.5 Å². The summed E-state index contributed by atoms with van der Waals surface area (Å²) in [6.45, 7) is 4.20. The van der Waals surface area contributed by atoms with Gasteiger partial charge in [-0.3, -0.25) is 24.0 Å². The minimum absolute atomic E-state index is 0.283. The molecule has 0 radical (unpaired) electrons. The molecule has 0 aliphatic rings. The van der Waals surface area contributed by atoms with E-state index >= 15 is 4.39 Å². The Morgan fingerprint density at radius 3 is 2.36 bits per heavy atom. The number of hydrogen-bond donors (Lipinski definition) is 6. The van der Waals surface area contributed by atoms with Gasteiger partial charge in [0.05, 0.1) is 22.5 Å². The van der Waals surface area contributed by atoms with Crippen LogP contribution in [0.5, 0.6) is 0 Å². The van der Waals surface area contributed by atoms with Crippen LogP contribution in [0.15, 0.2) is 41.2 Å². The molecule has 1 amide bonds. The highest BCUT2D eigenvalue weighted by Crippen LogP contribution is 2.22. The minimum Gasteiger partial charge on any atom is -0.481 e. The van der Waals surface area contributed by atoms with Gasteiger partial charge in [-0.15, -0.1) is 0 Å². The number of rotatable bonds is 15. The van der Waals surface area contributed by atoms with Crippen LogP contribution in [0.2, 0.25) is 0 Å². The number of carbonyl (C=O) groups excluding carboxylic acids is 2. The summed E-state index contributed by atoms with van der Waals surface area (Å²) in [7, 11) is 0. The first kappa shape index (κ1) is 33.3. The monoisotopic (exact) mass is 613 g/mol. The molecular formula is C29H32FN5O9. The molecule has 7 N–H and O–H groups in total. The van der Waals surface area contributed by atoms with Gasteiger partial charge in [-0.2, -0.15) is 0 Å². The highest BCUT2D eigenvalue weighted by atomic mass is 19.1. The summed E-state index contributed by atoms with van der Waals surface area (Å²) in [5.41, 5.74) is 6.46. The number of anilines is 1. The Morgan fingerprint density at radius 1 is 1.07 bits per heavy atom. The normalized spacial score (nSPS) is 13.1. The van der Waals surface area contributed by atoms with E-state index in [0.29, 0.717) is 29.0 Å². The Balaban J connectivity index is 1.76. The van der Waals surface area contributed by atoms with Gasteiger partial charge in [0.15, 0.2) is 5.78 Å². The number of Topliss-reactive ketones (excluding diaryl/α,β-unsaturated/α-hetero) is 1. The van der Waals surface area contributed by atoms with E-state index in [1.165, 1.54) is 6.07 Å². The molecule has 3 atom stereocenters. The number of benzene rings is 2. The highest BCUT2D eigenvalue weighted by Gasteiger charge is 2.36. The number of aromatic nitrogens is 2. The van der Waals surface area contributed by atoms with Crippen molar-refractivity contribution in [1.82, 2.24) is 15.3 Å². The molecule has 0 fully saturated rings. The summed E-state index contributed by atoms with van der Waals surface area (Å²) >= 11 is 0. The molecule has 1 unspecified atom stereocenters. The Hall–Kier alpha value is -5.18. The number of aromatic amines is 1.